The van der Waals surface area contributed by atoms with Crippen LogP contribution in [0.3, 0.4) is 0 Å². The lowest BCUT2D eigenvalue weighted by Gasteiger charge is -2.13. The fraction of sp³-hybridized carbons (Fsp3) is 0.750. The van der Waals surface area contributed by atoms with E-state index in [2.05, 4.69) is 5.32 Å². The monoisotopic (exact) mass is 200 g/mol. The van der Waals surface area contributed by atoms with Crippen LogP contribution in [0.1, 0.15) is 12.8 Å². The average molecular weight is 200 g/mol. The number of carbonyl (C=O) groups is 2. The van der Waals surface area contributed by atoms with Crippen molar-refractivity contribution in [1.29, 1.82) is 0 Å². The molecule has 5 heteroatoms. The van der Waals surface area contributed by atoms with Crippen molar-refractivity contribution in [2.75, 3.05) is 18.8 Å². The van der Waals surface area contributed by atoms with Gasteiger partial charge < -0.3 is 10.2 Å². The number of amides is 2. The Morgan fingerprint density at radius 2 is 2.38 bits per heavy atom. The highest BCUT2D eigenvalue weighted by atomic mass is 32.2. The number of nitrogens with zero attached hydrogens (tertiary/aromatic N) is 1. The maximum atomic E-state index is 11.3. The van der Waals surface area contributed by atoms with Crippen molar-refractivity contribution < 1.29 is 9.59 Å². The molecule has 2 amide bonds. The van der Waals surface area contributed by atoms with Gasteiger partial charge in [0.05, 0.1) is 0 Å². The molecule has 1 aliphatic carbocycles. The molecule has 0 spiro atoms. The molecular formula is C8H12N2O2S. The van der Waals surface area contributed by atoms with Gasteiger partial charge in [-0.15, -0.1) is 0 Å². The van der Waals surface area contributed by atoms with Gasteiger partial charge in [-0.1, -0.05) is 11.8 Å². The Morgan fingerprint density at radius 3 is 2.92 bits per heavy atom. The van der Waals surface area contributed by atoms with Gasteiger partial charge in [-0.3, -0.25) is 9.59 Å². The standard InChI is InChI=1S/C8H12N2O2S/c11-7(9-6-1-2-6)5-10-3-4-13-8(10)12/h6H,1-5H2,(H,9,11). The molecule has 2 aliphatic rings. The van der Waals surface area contributed by atoms with Gasteiger partial charge in [0.25, 0.3) is 5.24 Å². The van der Waals surface area contributed by atoms with Crippen molar-refractivity contribution in [3.8, 4) is 0 Å². The van der Waals surface area contributed by atoms with Crippen molar-refractivity contribution in [2.45, 2.75) is 18.9 Å². The van der Waals surface area contributed by atoms with E-state index in [1.54, 1.807) is 4.90 Å². The molecule has 13 heavy (non-hydrogen) atoms. The summed E-state index contributed by atoms with van der Waals surface area (Å²) in [6.45, 7) is 0.948. The molecule has 0 aromatic heterocycles. The first kappa shape index (κ1) is 8.87. The molecule has 2 rings (SSSR count). The summed E-state index contributed by atoms with van der Waals surface area (Å²) in [5, 5.41) is 2.89. The van der Waals surface area contributed by atoms with E-state index in [0.717, 1.165) is 18.6 Å². The van der Waals surface area contributed by atoms with E-state index in [-0.39, 0.29) is 17.7 Å². The Bertz CT molecular complexity index is 240. The summed E-state index contributed by atoms with van der Waals surface area (Å²) in [4.78, 5) is 24.0. The van der Waals surface area contributed by atoms with Gasteiger partial charge >= 0.3 is 0 Å². The second-order valence-corrected chi connectivity index (χ2v) is 4.42. The average Bonchev–Trinajstić information content (AvgIpc) is 2.79. The van der Waals surface area contributed by atoms with Crippen LogP contribution in [0.15, 0.2) is 0 Å². The second kappa shape index (κ2) is 3.57. The lowest BCUT2D eigenvalue weighted by molar-refractivity contribution is -0.121. The lowest BCUT2D eigenvalue weighted by Crippen LogP contribution is -2.38. The molecule has 2 fully saturated rings. The number of thioether (sulfide) groups is 1. The van der Waals surface area contributed by atoms with Crippen LogP contribution in [0.5, 0.6) is 0 Å². The van der Waals surface area contributed by atoms with Crippen LogP contribution in [-0.2, 0) is 4.79 Å². The van der Waals surface area contributed by atoms with Crippen molar-refractivity contribution >= 4 is 22.9 Å². The number of rotatable bonds is 3. The van der Waals surface area contributed by atoms with Gasteiger partial charge in [0, 0.05) is 18.3 Å². The minimum absolute atomic E-state index is 0.0154. The fourth-order valence-electron chi connectivity index (χ4n) is 1.24. The quantitative estimate of drug-likeness (QED) is 0.719. The summed E-state index contributed by atoms with van der Waals surface area (Å²) in [6, 6.07) is 0.387. The summed E-state index contributed by atoms with van der Waals surface area (Å²) in [5.41, 5.74) is 0. The van der Waals surface area contributed by atoms with Crippen LogP contribution < -0.4 is 5.32 Å². The third kappa shape index (κ3) is 2.37. The van der Waals surface area contributed by atoms with Crippen LogP contribution in [0.25, 0.3) is 0 Å². The summed E-state index contributed by atoms with van der Waals surface area (Å²) in [7, 11) is 0. The van der Waals surface area contributed by atoms with E-state index in [4.69, 9.17) is 0 Å². The highest BCUT2D eigenvalue weighted by Crippen LogP contribution is 2.19. The van der Waals surface area contributed by atoms with Gasteiger partial charge in [0.15, 0.2) is 0 Å². The molecule has 72 valence electrons. The van der Waals surface area contributed by atoms with E-state index in [0.29, 0.717) is 12.6 Å². The maximum absolute atomic E-state index is 11.3. The normalized spacial score (nSPS) is 22.2. The largest absolute Gasteiger partial charge is 0.352 e. The molecule has 1 saturated heterocycles. The molecule has 1 N–H and O–H groups in total. The van der Waals surface area contributed by atoms with E-state index < -0.39 is 0 Å². The van der Waals surface area contributed by atoms with Gasteiger partial charge in [0.2, 0.25) is 5.91 Å². The first-order valence-electron chi connectivity index (χ1n) is 4.47. The summed E-state index contributed by atoms with van der Waals surface area (Å²) in [6.07, 6.45) is 2.18. The first-order chi connectivity index (χ1) is 6.25. The first-order valence-corrected chi connectivity index (χ1v) is 5.45. The van der Waals surface area contributed by atoms with Gasteiger partial charge in [-0.25, -0.2) is 0 Å². The molecule has 1 aliphatic heterocycles. The molecule has 0 unspecified atom stereocenters. The minimum Gasteiger partial charge on any atom is -0.352 e. The van der Waals surface area contributed by atoms with Crippen molar-refractivity contribution in [3.63, 3.8) is 0 Å². The Balaban J connectivity index is 1.75. The number of hydrogen-bond donors (Lipinski definition) is 1. The van der Waals surface area contributed by atoms with Crippen LogP contribution in [-0.4, -0.2) is 40.9 Å². The van der Waals surface area contributed by atoms with Gasteiger partial charge in [0.1, 0.15) is 6.54 Å². The second-order valence-electron chi connectivity index (χ2n) is 3.38. The van der Waals surface area contributed by atoms with E-state index in [1.165, 1.54) is 11.8 Å². The maximum Gasteiger partial charge on any atom is 0.282 e. The minimum atomic E-state index is -0.0154. The van der Waals surface area contributed by atoms with E-state index >= 15 is 0 Å². The Morgan fingerprint density at radius 1 is 1.62 bits per heavy atom. The summed E-state index contributed by atoms with van der Waals surface area (Å²) in [5.74, 6) is 0.800. The third-order valence-corrected chi connectivity index (χ3v) is 3.01. The molecule has 0 bridgehead atoms. The summed E-state index contributed by atoms with van der Waals surface area (Å²) >= 11 is 1.29. The van der Waals surface area contributed by atoms with E-state index in [9.17, 15) is 9.59 Å². The Kier molecular flexibility index (Phi) is 2.44. The molecular weight excluding hydrogens is 188 g/mol. The highest BCUT2D eigenvalue weighted by molar-refractivity contribution is 8.13. The van der Waals surface area contributed by atoms with Crippen molar-refractivity contribution in [1.82, 2.24) is 10.2 Å². The van der Waals surface area contributed by atoms with Crippen LogP contribution in [0.2, 0.25) is 0 Å². The zero-order chi connectivity index (χ0) is 9.26. The smallest absolute Gasteiger partial charge is 0.282 e. The molecule has 0 atom stereocenters. The number of nitrogens with one attached hydrogen (secondary N) is 1. The van der Waals surface area contributed by atoms with Crippen molar-refractivity contribution in [3.05, 3.63) is 0 Å². The van der Waals surface area contributed by atoms with E-state index in [1.807, 2.05) is 0 Å². The zero-order valence-electron chi connectivity index (χ0n) is 7.28. The van der Waals surface area contributed by atoms with Crippen LogP contribution in [0.4, 0.5) is 4.79 Å². The number of hydrogen-bond acceptors (Lipinski definition) is 3. The zero-order valence-corrected chi connectivity index (χ0v) is 8.10. The SMILES string of the molecule is O=C(CN1CCSC1=O)NC1CC1. The predicted molar refractivity (Wildman–Crippen MR) is 50.6 cm³/mol. The van der Waals surface area contributed by atoms with Crippen LogP contribution >= 0.6 is 11.8 Å². The molecule has 1 saturated carbocycles. The highest BCUT2D eigenvalue weighted by Gasteiger charge is 2.27. The van der Waals surface area contributed by atoms with Crippen molar-refractivity contribution in [2.24, 2.45) is 0 Å². The predicted octanol–water partition coefficient (Wildman–Crippen LogP) is 0.434. The topological polar surface area (TPSA) is 49.4 Å². The number of carbonyl (C=O) groups excluding carboxylic acids is 2. The van der Waals surface area contributed by atoms with Gasteiger partial charge in [-0.05, 0) is 12.8 Å². The van der Waals surface area contributed by atoms with Gasteiger partial charge in [-0.2, -0.15) is 0 Å². The lowest BCUT2D eigenvalue weighted by atomic mass is 10.5. The Labute approximate surface area is 81.0 Å². The summed E-state index contributed by atoms with van der Waals surface area (Å²) < 4.78 is 0. The third-order valence-electron chi connectivity index (χ3n) is 2.12. The molecule has 0 aromatic rings. The molecule has 0 radical (unpaired) electrons. The Hall–Kier alpha value is -0.710. The molecule has 0 aromatic carbocycles. The molecule has 4 nitrogen and oxygen atoms in total. The van der Waals surface area contributed by atoms with Crippen LogP contribution in [0, 0.1) is 0 Å². The fourth-order valence-corrected chi connectivity index (χ4v) is 2.07. The molecule has 1 heterocycles.